The molecule has 1 atom stereocenters. The predicted molar refractivity (Wildman–Crippen MR) is 83.6 cm³/mol. The van der Waals surface area contributed by atoms with Crippen molar-refractivity contribution in [2.75, 3.05) is 0 Å². The molecule has 1 unspecified atom stereocenters. The molecule has 4 heteroatoms. The van der Waals surface area contributed by atoms with Crippen molar-refractivity contribution >= 4 is 34.5 Å². The number of hydrogen-bond donors (Lipinski definition) is 1. The first-order valence-corrected chi connectivity index (χ1v) is 7.85. The van der Waals surface area contributed by atoms with Crippen LogP contribution in [0.25, 0.3) is 0 Å². The molecular weight excluding hydrogens is 299 g/mol. The van der Waals surface area contributed by atoms with Crippen LogP contribution in [0.1, 0.15) is 22.2 Å². The number of thiophene rings is 1. The van der Waals surface area contributed by atoms with Crippen molar-refractivity contribution in [3.63, 3.8) is 0 Å². The van der Waals surface area contributed by atoms with Gasteiger partial charge in [-0.2, -0.15) is 0 Å². The molecule has 0 amide bonds. The van der Waals surface area contributed by atoms with Crippen molar-refractivity contribution in [3.05, 3.63) is 55.7 Å². The van der Waals surface area contributed by atoms with E-state index in [-0.39, 0.29) is 6.10 Å². The van der Waals surface area contributed by atoms with Crippen molar-refractivity contribution in [1.29, 1.82) is 0 Å². The molecule has 0 radical (unpaired) electrons. The molecule has 1 aromatic carbocycles. The van der Waals surface area contributed by atoms with Crippen LogP contribution < -0.4 is 0 Å². The van der Waals surface area contributed by atoms with Gasteiger partial charge in [0.2, 0.25) is 0 Å². The lowest BCUT2D eigenvalue weighted by Gasteiger charge is -2.10. The summed E-state index contributed by atoms with van der Waals surface area (Å²) in [6, 6.07) is 9.72. The predicted octanol–water partition coefficient (Wildman–Crippen LogP) is 4.76. The average molecular weight is 315 g/mol. The van der Waals surface area contributed by atoms with Gasteiger partial charge in [0.25, 0.3) is 0 Å². The number of aliphatic hydroxyl groups is 1. The molecule has 19 heavy (non-hydrogen) atoms. The van der Waals surface area contributed by atoms with Crippen LogP contribution in [0.5, 0.6) is 0 Å². The van der Waals surface area contributed by atoms with Gasteiger partial charge in [0, 0.05) is 16.2 Å². The lowest BCUT2D eigenvalue weighted by molar-refractivity contribution is 0.176. The van der Waals surface area contributed by atoms with E-state index in [2.05, 4.69) is 19.1 Å². The minimum absolute atomic E-state index is 0.388. The fourth-order valence-corrected chi connectivity index (χ4v) is 3.31. The zero-order valence-electron chi connectivity index (χ0n) is 10.7. The minimum Gasteiger partial charge on any atom is -0.392 e. The van der Waals surface area contributed by atoms with Crippen LogP contribution in [0.3, 0.4) is 0 Å². The molecule has 0 bridgehead atoms. The topological polar surface area (TPSA) is 20.2 Å². The third-order valence-electron chi connectivity index (χ3n) is 2.96. The Hall–Kier alpha value is -0.540. The van der Waals surface area contributed by atoms with Crippen molar-refractivity contribution in [1.82, 2.24) is 0 Å². The second-order valence-electron chi connectivity index (χ2n) is 4.53. The lowest BCUT2D eigenvalue weighted by atomic mass is 10.1. The van der Waals surface area contributed by atoms with E-state index < -0.39 is 0 Å². The molecular formula is C15H16Cl2OS. The summed E-state index contributed by atoms with van der Waals surface area (Å²) >= 11 is 13.6. The summed E-state index contributed by atoms with van der Waals surface area (Å²) in [5.74, 6) is 0. The average Bonchev–Trinajstić information content (AvgIpc) is 2.81. The second-order valence-corrected chi connectivity index (χ2v) is 6.60. The third-order valence-corrected chi connectivity index (χ3v) is 4.95. The van der Waals surface area contributed by atoms with Gasteiger partial charge in [0.15, 0.2) is 0 Å². The minimum atomic E-state index is -0.388. The summed E-state index contributed by atoms with van der Waals surface area (Å²) < 4.78 is 0. The fourth-order valence-electron chi connectivity index (χ4n) is 1.97. The van der Waals surface area contributed by atoms with Crippen LogP contribution in [-0.4, -0.2) is 11.2 Å². The zero-order valence-corrected chi connectivity index (χ0v) is 13.0. The molecule has 2 aromatic rings. The third kappa shape index (κ3) is 4.22. The number of halogens is 2. The van der Waals surface area contributed by atoms with Gasteiger partial charge in [-0.3, -0.25) is 0 Å². The smallest absolute Gasteiger partial charge is 0.0628 e. The number of aliphatic hydroxyl groups excluding tert-OH is 1. The molecule has 1 heterocycles. The summed E-state index contributed by atoms with van der Waals surface area (Å²) in [7, 11) is 0. The maximum Gasteiger partial charge on any atom is 0.0628 e. The highest BCUT2D eigenvalue weighted by molar-refractivity contribution is 7.11. The highest BCUT2D eigenvalue weighted by Crippen LogP contribution is 2.24. The number of benzene rings is 1. The molecule has 1 N–H and O–H groups in total. The summed E-state index contributed by atoms with van der Waals surface area (Å²) in [5.41, 5.74) is 1.01. The molecule has 102 valence electrons. The molecule has 1 nitrogen and oxygen atoms in total. The van der Waals surface area contributed by atoms with E-state index in [9.17, 15) is 5.11 Å². The van der Waals surface area contributed by atoms with Gasteiger partial charge in [-0.1, -0.05) is 36.2 Å². The van der Waals surface area contributed by atoms with E-state index in [0.29, 0.717) is 22.9 Å². The molecule has 0 aliphatic rings. The van der Waals surface area contributed by atoms with Crippen molar-refractivity contribution in [2.45, 2.75) is 32.3 Å². The van der Waals surface area contributed by atoms with Crippen molar-refractivity contribution < 1.29 is 5.11 Å². The van der Waals surface area contributed by atoms with Crippen molar-refractivity contribution in [2.24, 2.45) is 0 Å². The Kier molecular flexibility index (Phi) is 5.28. The fraction of sp³-hybridized carbons (Fsp3) is 0.333. The van der Waals surface area contributed by atoms with Gasteiger partial charge in [-0.25, -0.2) is 0 Å². The van der Waals surface area contributed by atoms with Gasteiger partial charge in [-0.15, -0.1) is 11.3 Å². The van der Waals surface area contributed by atoms with Crippen LogP contribution in [0, 0.1) is 0 Å². The standard InChI is InChI=1S/C15H16Cl2OS/c1-2-12-4-5-13(19-12)9-11(18)7-10-3-6-14(16)15(17)8-10/h3-6,8,11,18H,2,7,9H2,1H3. The molecule has 0 fully saturated rings. The van der Waals surface area contributed by atoms with E-state index >= 15 is 0 Å². The van der Waals surface area contributed by atoms with Crippen molar-refractivity contribution in [3.8, 4) is 0 Å². The normalized spacial score (nSPS) is 12.6. The van der Waals surface area contributed by atoms with Gasteiger partial charge in [0.05, 0.1) is 16.1 Å². The summed E-state index contributed by atoms with van der Waals surface area (Å²) in [6.45, 7) is 2.14. The highest BCUT2D eigenvalue weighted by Gasteiger charge is 2.10. The molecule has 2 rings (SSSR count). The van der Waals surface area contributed by atoms with E-state index in [0.717, 1.165) is 12.0 Å². The summed E-state index contributed by atoms with van der Waals surface area (Å²) in [6.07, 6.45) is 1.94. The van der Waals surface area contributed by atoms with E-state index in [1.165, 1.54) is 9.75 Å². The molecule has 0 saturated heterocycles. The number of hydrogen-bond acceptors (Lipinski definition) is 2. The summed E-state index contributed by atoms with van der Waals surface area (Å²) in [5, 5.41) is 11.2. The molecule has 0 spiro atoms. The maximum absolute atomic E-state index is 10.1. The quantitative estimate of drug-likeness (QED) is 0.843. The van der Waals surface area contributed by atoms with Crippen LogP contribution in [-0.2, 0) is 19.3 Å². The van der Waals surface area contributed by atoms with Gasteiger partial charge in [-0.05, 0) is 42.7 Å². The Morgan fingerprint density at radius 1 is 1.05 bits per heavy atom. The Labute approximate surface area is 127 Å². The van der Waals surface area contributed by atoms with E-state index in [1.54, 1.807) is 17.4 Å². The maximum atomic E-state index is 10.1. The van der Waals surface area contributed by atoms with Crippen LogP contribution >= 0.6 is 34.5 Å². The Morgan fingerprint density at radius 2 is 1.79 bits per heavy atom. The molecule has 0 aliphatic heterocycles. The van der Waals surface area contributed by atoms with Gasteiger partial charge in [0.1, 0.15) is 0 Å². The molecule has 0 aliphatic carbocycles. The highest BCUT2D eigenvalue weighted by atomic mass is 35.5. The first kappa shape index (κ1) is 14.9. The number of aryl methyl sites for hydroxylation is 1. The largest absolute Gasteiger partial charge is 0.392 e. The van der Waals surface area contributed by atoms with E-state index in [4.69, 9.17) is 23.2 Å². The van der Waals surface area contributed by atoms with Gasteiger partial charge >= 0.3 is 0 Å². The Balaban J connectivity index is 1.96. The van der Waals surface area contributed by atoms with E-state index in [1.807, 2.05) is 12.1 Å². The zero-order chi connectivity index (χ0) is 13.8. The van der Waals surface area contributed by atoms with Gasteiger partial charge < -0.3 is 5.11 Å². The Morgan fingerprint density at radius 3 is 2.42 bits per heavy atom. The number of rotatable bonds is 5. The summed E-state index contributed by atoms with van der Waals surface area (Å²) in [4.78, 5) is 2.58. The van der Waals surface area contributed by atoms with Crippen LogP contribution in [0.4, 0.5) is 0 Å². The lowest BCUT2D eigenvalue weighted by Crippen LogP contribution is -2.13. The first-order chi connectivity index (χ1) is 9.08. The first-order valence-electron chi connectivity index (χ1n) is 6.28. The Bertz CT molecular complexity index is 551. The second kappa shape index (κ2) is 6.76. The van der Waals surface area contributed by atoms with Crippen LogP contribution in [0.2, 0.25) is 10.0 Å². The monoisotopic (exact) mass is 314 g/mol. The SMILES string of the molecule is CCc1ccc(CC(O)Cc2ccc(Cl)c(Cl)c2)s1. The van der Waals surface area contributed by atoms with Crippen LogP contribution in [0.15, 0.2) is 30.3 Å². The molecule has 1 aromatic heterocycles. The molecule has 0 saturated carbocycles.